The molecule has 4 amide bonds. The van der Waals surface area contributed by atoms with Crippen molar-refractivity contribution in [2.75, 3.05) is 19.6 Å². The second-order valence-corrected chi connectivity index (χ2v) is 9.34. The summed E-state index contributed by atoms with van der Waals surface area (Å²) in [6.07, 6.45) is 2.32. The van der Waals surface area contributed by atoms with Gasteiger partial charge in [0.1, 0.15) is 12.1 Å². The van der Waals surface area contributed by atoms with Crippen molar-refractivity contribution in [3.63, 3.8) is 0 Å². The molecule has 1 aromatic carbocycles. The summed E-state index contributed by atoms with van der Waals surface area (Å²) < 4.78 is 0. The summed E-state index contributed by atoms with van der Waals surface area (Å²) in [5, 5.41) is 5.56. The maximum absolute atomic E-state index is 12.6. The topological polar surface area (TPSA) is 81.8 Å². The highest BCUT2D eigenvalue weighted by Crippen LogP contribution is 2.25. The van der Waals surface area contributed by atoms with Crippen LogP contribution < -0.4 is 10.6 Å². The molecule has 170 valence electrons. The smallest absolute Gasteiger partial charge is 0.325 e. The fourth-order valence-corrected chi connectivity index (χ4v) is 4.89. The quantitative estimate of drug-likeness (QED) is 0.624. The summed E-state index contributed by atoms with van der Waals surface area (Å²) in [5.41, 5.74) is 1.38. The molecule has 0 aliphatic carbocycles. The summed E-state index contributed by atoms with van der Waals surface area (Å²) in [6, 6.07) is 7.78. The first kappa shape index (κ1) is 23.3. The van der Waals surface area contributed by atoms with Crippen LogP contribution in [0, 0.1) is 11.8 Å². The first-order valence-corrected chi connectivity index (χ1v) is 11.5. The van der Waals surface area contributed by atoms with E-state index in [1.165, 1.54) is 12.0 Å². The SMILES string of the molecule is CCC1(CC)NC(=O)N(CC(=O)NCc2ccc(CN3CC(C)CC(C)C3)cc2)C1=O. The van der Waals surface area contributed by atoms with E-state index in [2.05, 4.69) is 41.5 Å². The van der Waals surface area contributed by atoms with E-state index in [-0.39, 0.29) is 18.4 Å². The van der Waals surface area contributed by atoms with Crippen molar-refractivity contribution in [2.24, 2.45) is 11.8 Å². The minimum atomic E-state index is -0.878. The number of carbonyl (C=O) groups excluding carboxylic acids is 3. The van der Waals surface area contributed by atoms with Crippen molar-refractivity contribution >= 4 is 17.8 Å². The summed E-state index contributed by atoms with van der Waals surface area (Å²) in [7, 11) is 0. The molecule has 2 unspecified atom stereocenters. The van der Waals surface area contributed by atoms with Gasteiger partial charge in [-0.2, -0.15) is 0 Å². The van der Waals surface area contributed by atoms with E-state index in [1.807, 2.05) is 26.0 Å². The van der Waals surface area contributed by atoms with Crippen molar-refractivity contribution in [3.05, 3.63) is 35.4 Å². The summed E-state index contributed by atoms with van der Waals surface area (Å²) in [6.45, 7) is 11.7. The fraction of sp³-hybridized carbons (Fsp3) is 0.625. The molecule has 2 aliphatic heterocycles. The molecule has 2 fully saturated rings. The number of hydrogen-bond acceptors (Lipinski definition) is 4. The molecule has 0 saturated carbocycles. The lowest BCUT2D eigenvalue weighted by molar-refractivity contribution is -0.135. The van der Waals surface area contributed by atoms with E-state index in [4.69, 9.17) is 0 Å². The van der Waals surface area contributed by atoms with E-state index in [9.17, 15) is 14.4 Å². The molecule has 1 aromatic rings. The zero-order chi connectivity index (χ0) is 22.6. The minimum Gasteiger partial charge on any atom is -0.350 e. The van der Waals surface area contributed by atoms with Crippen LogP contribution >= 0.6 is 0 Å². The highest BCUT2D eigenvalue weighted by atomic mass is 16.2. The molecule has 0 radical (unpaired) electrons. The lowest BCUT2D eigenvalue weighted by atomic mass is 9.91. The summed E-state index contributed by atoms with van der Waals surface area (Å²) >= 11 is 0. The first-order valence-electron chi connectivity index (χ1n) is 11.5. The Balaban J connectivity index is 1.48. The van der Waals surface area contributed by atoms with E-state index in [1.54, 1.807) is 0 Å². The Hall–Kier alpha value is -2.41. The van der Waals surface area contributed by atoms with E-state index < -0.39 is 11.6 Å². The van der Waals surface area contributed by atoms with Crippen LogP contribution in [-0.2, 0) is 22.7 Å². The molecule has 3 rings (SSSR count). The number of carbonyl (C=O) groups is 3. The number of imide groups is 1. The monoisotopic (exact) mass is 428 g/mol. The van der Waals surface area contributed by atoms with E-state index in [0.29, 0.717) is 19.4 Å². The van der Waals surface area contributed by atoms with Crippen molar-refractivity contribution in [2.45, 2.75) is 65.6 Å². The van der Waals surface area contributed by atoms with Gasteiger partial charge in [-0.1, -0.05) is 52.0 Å². The molecule has 2 aliphatic rings. The number of likely N-dealkylation sites (tertiary alicyclic amines) is 1. The third-order valence-corrected chi connectivity index (χ3v) is 6.62. The maximum Gasteiger partial charge on any atom is 0.325 e. The molecule has 2 saturated heterocycles. The molecule has 7 heteroatoms. The van der Waals surface area contributed by atoms with Gasteiger partial charge in [0.15, 0.2) is 0 Å². The molecule has 0 spiro atoms. The third kappa shape index (κ3) is 5.45. The van der Waals surface area contributed by atoms with Gasteiger partial charge in [-0.15, -0.1) is 0 Å². The molecular formula is C24H36N4O3. The van der Waals surface area contributed by atoms with Gasteiger partial charge in [-0.25, -0.2) is 4.79 Å². The van der Waals surface area contributed by atoms with Crippen LogP contribution in [0.3, 0.4) is 0 Å². The standard InChI is InChI=1S/C24H36N4O3/c1-5-24(6-2)22(30)28(23(31)26-24)16-21(29)25-12-19-7-9-20(10-8-19)15-27-13-17(3)11-18(4)14-27/h7-10,17-18H,5-6,11-16H2,1-4H3,(H,25,29)(H,26,31). The maximum atomic E-state index is 12.6. The fourth-order valence-electron chi connectivity index (χ4n) is 4.89. The molecule has 2 N–H and O–H groups in total. The lowest BCUT2D eigenvalue weighted by Crippen LogP contribution is -2.46. The molecule has 7 nitrogen and oxygen atoms in total. The van der Waals surface area contributed by atoms with Crippen LogP contribution in [0.25, 0.3) is 0 Å². The van der Waals surface area contributed by atoms with Gasteiger partial charge in [0.25, 0.3) is 5.91 Å². The van der Waals surface area contributed by atoms with Gasteiger partial charge >= 0.3 is 6.03 Å². The number of nitrogens with zero attached hydrogens (tertiary/aromatic N) is 2. The number of benzene rings is 1. The van der Waals surface area contributed by atoms with Gasteiger partial charge in [0.05, 0.1) is 0 Å². The van der Waals surface area contributed by atoms with Gasteiger partial charge in [0.2, 0.25) is 5.91 Å². The Kier molecular flexibility index (Phi) is 7.36. The number of piperidine rings is 1. The van der Waals surface area contributed by atoms with Crippen LogP contribution in [0.2, 0.25) is 0 Å². The highest BCUT2D eigenvalue weighted by molar-refractivity contribution is 6.08. The molecular weight excluding hydrogens is 392 g/mol. The minimum absolute atomic E-state index is 0.254. The summed E-state index contributed by atoms with van der Waals surface area (Å²) in [5.74, 6) is 0.820. The van der Waals surface area contributed by atoms with Crippen molar-refractivity contribution in [1.29, 1.82) is 0 Å². The molecule has 0 bridgehead atoms. The van der Waals surface area contributed by atoms with Crippen molar-refractivity contribution in [3.8, 4) is 0 Å². The van der Waals surface area contributed by atoms with Crippen molar-refractivity contribution < 1.29 is 14.4 Å². The zero-order valence-electron chi connectivity index (χ0n) is 19.2. The Morgan fingerprint density at radius 2 is 1.65 bits per heavy atom. The number of nitrogens with one attached hydrogen (secondary N) is 2. The number of amides is 4. The van der Waals surface area contributed by atoms with E-state index >= 15 is 0 Å². The normalized spacial score (nSPS) is 23.7. The number of rotatable bonds is 8. The molecule has 0 aromatic heterocycles. The summed E-state index contributed by atoms with van der Waals surface area (Å²) in [4.78, 5) is 40.7. The van der Waals surface area contributed by atoms with Gasteiger partial charge in [-0.05, 0) is 42.2 Å². The second-order valence-electron chi connectivity index (χ2n) is 9.34. The van der Waals surface area contributed by atoms with Gasteiger partial charge in [-0.3, -0.25) is 19.4 Å². The van der Waals surface area contributed by atoms with Crippen LogP contribution in [0.1, 0.15) is 58.1 Å². The third-order valence-electron chi connectivity index (χ3n) is 6.62. The lowest BCUT2D eigenvalue weighted by Gasteiger charge is -2.35. The Labute approximate surface area is 185 Å². The highest BCUT2D eigenvalue weighted by Gasteiger charge is 2.49. The first-order chi connectivity index (χ1) is 14.8. The Bertz CT molecular complexity index is 794. The molecule has 31 heavy (non-hydrogen) atoms. The average molecular weight is 429 g/mol. The number of hydrogen-bond donors (Lipinski definition) is 2. The van der Waals surface area contributed by atoms with Crippen LogP contribution in [0.4, 0.5) is 4.79 Å². The van der Waals surface area contributed by atoms with Gasteiger partial charge < -0.3 is 10.6 Å². The number of urea groups is 1. The predicted molar refractivity (Wildman–Crippen MR) is 120 cm³/mol. The van der Waals surface area contributed by atoms with Crippen LogP contribution in [0.5, 0.6) is 0 Å². The predicted octanol–water partition coefficient (Wildman–Crippen LogP) is 2.89. The van der Waals surface area contributed by atoms with E-state index in [0.717, 1.165) is 41.9 Å². The van der Waals surface area contributed by atoms with Crippen LogP contribution in [-0.4, -0.2) is 52.8 Å². The Morgan fingerprint density at radius 3 is 2.19 bits per heavy atom. The van der Waals surface area contributed by atoms with Crippen molar-refractivity contribution in [1.82, 2.24) is 20.4 Å². The van der Waals surface area contributed by atoms with Gasteiger partial charge in [0, 0.05) is 26.2 Å². The average Bonchev–Trinajstić information content (AvgIpc) is 2.97. The molecule has 2 atom stereocenters. The Morgan fingerprint density at radius 1 is 1.06 bits per heavy atom. The molecule has 2 heterocycles. The largest absolute Gasteiger partial charge is 0.350 e. The second kappa shape index (κ2) is 9.81. The van der Waals surface area contributed by atoms with Crippen LogP contribution in [0.15, 0.2) is 24.3 Å². The zero-order valence-corrected chi connectivity index (χ0v) is 19.2.